The molecule has 33 heavy (non-hydrogen) atoms. The van der Waals surface area contributed by atoms with E-state index >= 15 is 0 Å². The summed E-state index contributed by atoms with van der Waals surface area (Å²) in [4.78, 5) is 23.1. The van der Waals surface area contributed by atoms with Gasteiger partial charge >= 0.3 is 5.97 Å². The van der Waals surface area contributed by atoms with Crippen molar-refractivity contribution < 1.29 is 23.9 Å². The second-order valence-corrected chi connectivity index (χ2v) is 7.03. The zero-order valence-electron chi connectivity index (χ0n) is 17.3. The predicted octanol–water partition coefficient (Wildman–Crippen LogP) is 4.04. The van der Waals surface area contributed by atoms with Crippen molar-refractivity contribution in [3.05, 3.63) is 105 Å². The molecule has 3 aromatic carbocycles. The predicted molar refractivity (Wildman–Crippen MR) is 117 cm³/mol. The molecule has 0 aromatic heterocycles. The van der Waals surface area contributed by atoms with Gasteiger partial charge in [-0.2, -0.15) is 5.26 Å². The molecule has 9 nitrogen and oxygen atoms in total. The van der Waals surface area contributed by atoms with E-state index in [1.807, 2.05) is 18.2 Å². The van der Waals surface area contributed by atoms with E-state index in [1.54, 1.807) is 12.1 Å². The van der Waals surface area contributed by atoms with Crippen molar-refractivity contribution in [3.63, 3.8) is 0 Å². The number of allylic oxidation sites excluding steroid dienone is 1. The van der Waals surface area contributed by atoms with Crippen LogP contribution < -0.4 is 19.9 Å². The lowest BCUT2D eigenvalue weighted by Crippen LogP contribution is -2.21. The molecule has 0 aliphatic carbocycles. The number of carbonyl (C=O) groups excluding carboxylic acids is 1. The Kier molecular flexibility index (Phi) is 5.66. The molecule has 0 amide bonds. The van der Waals surface area contributed by atoms with E-state index < -0.39 is 16.8 Å². The average molecular weight is 443 g/mol. The van der Waals surface area contributed by atoms with Gasteiger partial charge in [0.2, 0.25) is 5.88 Å². The molecule has 1 heterocycles. The Morgan fingerprint density at radius 3 is 2.58 bits per heavy atom. The largest absolute Gasteiger partial charge is 0.496 e. The van der Waals surface area contributed by atoms with Crippen LogP contribution in [-0.2, 0) is 0 Å². The quantitative estimate of drug-likeness (QED) is 0.270. The van der Waals surface area contributed by atoms with Crippen LogP contribution in [0.3, 0.4) is 0 Å². The number of nitro benzene ring substituents is 1. The standard InChI is InChI=1S/C24H17N3O6/c1-31-20-9-5-3-7-16(20)22-17-11-10-14(12-21(17)33-23(26)18(22)13-25)32-24(28)15-6-2-4-8-19(15)27(29)30/h2-12,22H,26H2,1H3. The molecule has 0 spiro atoms. The highest BCUT2D eigenvalue weighted by atomic mass is 16.6. The molecule has 2 N–H and O–H groups in total. The topological polar surface area (TPSA) is 138 Å². The van der Waals surface area contributed by atoms with Gasteiger partial charge in [0.15, 0.2) is 0 Å². The molecule has 0 fully saturated rings. The number of rotatable bonds is 5. The summed E-state index contributed by atoms with van der Waals surface area (Å²) in [6.07, 6.45) is 0. The van der Waals surface area contributed by atoms with Gasteiger partial charge in [-0.3, -0.25) is 10.1 Å². The number of fused-ring (bicyclic) bond motifs is 1. The molecule has 1 aliphatic rings. The number of para-hydroxylation sites is 2. The van der Waals surface area contributed by atoms with E-state index in [9.17, 15) is 20.2 Å². The number of carbonyl (C=O) groups is 1. The summed E-state index contributed by atoms with van der Waals surface area (Å²) < 4.78 is 16.5. The third kappa shape index (κ3) is 3.93. The Morgan fingerprint density at radius 2 is 1.85 bits per heavy atom. The van der Waals surface area contributed by atoms with Crippen molar-refractivity contribution in [2.24, 2.45) is 5.73 Å². The van der Waals surface area contributed by atoms with Crippen LogP contribution in [0.1, 0.15) is 27.4 Å². The van der Waals surface area contributed by atoms with Gasteiger partial charge in [-0.25, -0.2) is 4.79 Å². The SMILES string of the molecule is COc1ccccc1C1C(C#N)=C(N)Oc2cc(OC(=O)c3ccccc3[N+](=O)[O-])ccc21. The molecule has 1 aliphatic heterocycles. The third-order valence-electron chi connectivity index (χ3n) is 5.17. The van der Waals surface area contributed by atoms with Gasteiger partial charge in [0, 0.05) is 23.3 Å². The van der Waals surface area contributed by atoms with Gasteiger partial charge in [-0.05, 0) is 18.2 Å². The van der Waals surface area contributed by atoms with E-state index in [1.165, 1.54) is 43.5 Å². The molecular formula is C24H17N3O6. The van der Waals surface area contributed by atoms with E-state index in [0.717, 1.165) is 0 Å². The van der Waals surface area contributed by atoms with E-state index in [4.69, 9.17) is 19.9 Å². The highest BCUT2D eigenvalue weighted by Gasteiger charge is 2.33. The molecular weight excluding hydrogens is 426 g/mol. The maximum atomic E-state index is 12.6. The minimum absolute atomic E-state index is 0.0805. The Hall–Kier alpha value is -4.84. The monoisotopic (exact) mass is 443 g/mol. The summed E-state index contributed by atoms with van der Waals surface area (Å²) in [6.45, 7) is 0. The van der Waals surface area contributed by atoms with Gasteiger partial charge in [-0.15, -0.1) is 0 Å². The number of benzene rings is 3. The molecule has 0 saturated carbocycles. The van der Waals surface area contributed by atoms with Gasteiger partial charge in [0.25, 0.3) is 5.69 Å². The number of nitrogens with zero attached hydrogens (tertiary/aromatic N) is 2. The number of nitro groups is 1. The molecule has 1 atom stereocenters. The zero-order valence-corrected chi connectivity index (χ0v) is 17.3. The second-order valence-electron chi connectivity index (χ2n) is 7.03. The van der Waals surface area contributed by atoms with Crippen LogP contribution in [0.4, 0.5) is 5.69 Å². The average Bonchev–Trinajstić information content (AvgIpc) is 2.83. The fraction of sp³-hybridized carbons (Fsp3) is 0.0833. The van der Waals surface area contributed by atoms with Crippen molar-refractivity contribution in [2.45, 2.75) is 5.92 Å². The van der Waals surface area contributed by atoms with Crippen LogP contribution >= 0.6 is 0 Å². The minimum atomic E-state index is -0.888. The lowest BCUT2D eigenvalue weighted by atomic mass is 9.83. The van der Waals surface area contributed by atoms with Gasteiger partial charge < -0.3 is 19.9 Å². The fourth-order valence-corrected chi connectivity index (χ4v) is 3.69. The van der Waals surface area contributed by atoms with Crippen LogP contribution in [0.25, 0.3) is 0 Å². The Morgan fingerprint density at radius 1 is 1.12 bits per heavy atom. The molecule has 0 radical (unpaired) electrons. The number of esters is 1. The summed E-state index contributed by atoms with van der Waals surface area (Å²) in [6, 6.07) is 19.5. The van der Waals surface area contributed by atoms with Gasteiger partial charge in [-0.1, -0.05) is 36.4 Å². The Labute approximate surface area is 188 Å². The summed E-state index contributed by atoms with van der Waals surface area (Å²) in [7, 11) is 1.53. The number of ether oxygens (including phenoxy) is 3. The highest BCUT2D eigenvalue weighted by molar-refractivity contribution is 5.95. The summed E-state index contributed by atoms with van der Waals surface area (Å²) in [5.74, 6) is -0.569. The molecule has 0 saturated heterocycles. The number of hydrogen-bond acceptors (Lipinski definition) is 8. The molecule has 0 bridgehead atoms. The number of methoxy groups -OCH3 is 1. The molecule has 4 rings (SSSR count). The van der Waals surface area contributed by atoms with Crippen LogP contribution in [0.2, 0.25) is 0 Å². The molecule has 1 unspecified atom stereocenters. The Bertz CT molecular complexity index is 1340. The van der Waals surface area contributed by atoms with Crippen LogP contribution in [0.15, 0.2) is 78.2 Å². The third-order valence-corrected chi connectivity index (χ3v) is 5.17. The normalized spacial score (nSPS) is 14.5. The van der Waals surface area contributed by atoms with Gasteiger partial charge in [0.05, 0.1) is 18.0 Å². The molecule has 3 aromatic rings. The summed E-state index contributed by atoms with van der Waals surface area (Å²) >= 11 is 0. The summed E-state index contributed by atoms with van der Waals surface area (Å²) in [5.41, 5.74) is 7.04. The number of nitrogens with two attached hydrogens (primary N) is 1. The first kappa shape index (κ1) is 21.4. The maximum absolute atomic E-state index is 12.6. The van der Waals surface area contributed by atoms with Crippen molar-refractivity contribution in [1.29, 1.82) is 5.26 Å². The number of hydrogen-bond donors (Lipinski definition) is 1. The molecule has 164 valence electrons. The van der Waals surface area contributed by atoms with Crippen molar-refractivity contribution in [3.8, 4) is 23.3 Å². The Balaban J connectivity index is 1.73. The second kappa shape index (κ2) is 8.72. The van der Waals surface area contributed by atoms with Crippen LogP contribution in [0.5, 0.6) is 17.2 Å². The first-order valence-electron chi connectivity index (χ1n) is 9.74. The van der Waals surface area contributed by atoms with Crippen molar-refractivity contribution >= 4 is 11.7 Å². The first-order valence-corrected chi connectivity index (χ1v) is 9.74. The van der Waals surface area contributed by atoms with E-state index in [-0.39, 0.29) is 34.2 Å². The lowest BCUT2D eigenvalue weighted by Gasteiger charge is -2.27. The van der Waals surface area contributed by atoms with Crippen LogP contribution in [-0.4, -0.2) is 18.0 Å². The fourth-order valence-electron chi connectivity index (χ4n) is 3.69. The minimum Gasteiger partial charge on any atom is -0.496 e. The van der Waals surface area contributed by atoms with Crippen molar-refractivity contribution in [2.75, 3.05) is 7.11 Å². The molecule has 9 heteroatoms. The highest BCUT2D eigenvalue weighted by Crippen LogP contribution is 2.45. The summed E-state index contributed by atoms with van der Waals surface area (Å²) in [5, 5.41) is 20.9. The van der Waals surface area contributed by atoms with E-state index in [0.29, 0.717) is 16.9 Å². The lowest BCUT2D eigenvalue weighted by molar-refractivity contribution is -0.385. The maximum Gasteiger partial charge on any atom is 0.350 e. The zero-order chi connectivity index (χ0) is 23.5. The number of nitriles is 1. The van der Waals surface area contributed by atoms with Crippen molar-refractivity contribution in [1.82, 2.24) is 0 Å². The van der Waals surface area contributed by atoms with Crippen LogP contribution in [0, 0.1) is 21.4 Å². The van der Waals surface area contributed by atoms with E-state index in [2.05, 4.69) is 6.07 Å². The van der Waals surface area contributed by atoms with Gasteiger partial charge in [0.1, 0.15) is 34.5 Å². The first-order chi connectivity index (χ1) is 15.9. The smallest absolute Gasteiger partial charge is 0.350 e.